The third-order valence-corrected chi connectivity index (χ3v) is 2.23. The number of ketones is 1. The molecule has 0 saturated heterocycles. The lowest BCUT2D eigenvalue weighted by molar-refractivity contribution is -0.117. The van der Waals surface area contributed by atoms with Crippen LogP contribution >= 0.6 is 0 Å². The van der Waals surface area contributed by atoms with Gasteiger partial charge in [-0.3, -0.25) is 0 Å². The number of nitrogens with one attached hydrogen (secondary N) is 1. The highest BCUT2D eigenvalue weighted by Crippen LogP contribution is 2.13. The molecule has 0 aliphatic rings. The zero-order valence-corrected chi connectivity index (χ0v) is 10.5. The Morgan fingerprint density at radius 3 is 2.07 bits per heavy atom. The van der Waals surface area contributed by atoms with Crippen molar-refractivity contribution in [1.29, 1.82) is 0 Å². The van der Waals surface area contributed by atoms with Crippen molar-refractivity contribution in [3.05, 3.63) is 0 Å². The first kappa shape index (κ1) is 13.6. The number of carbonyl (C=O) groups excluding carboxylic acids is 1. The summed E-state index contributed by atoms with van der Waals surface area (Å²) < 4.78 is 0. The van der Waals surface area contributed by atoms with Crippen molar-refractivity contribution in [1.82, 2.24) is 5.32 Å². The second-order valence-corrected chi connectivity index (χ2v) is 5.49. The molecule has 2 nitrogen and oxygen atoms in total. The van der Waals surface area contributed by atoms with Gasteiger partial charge in [0.05, 0.1) is 0 Å². The average Bonchev–Trinajstić information content (AvgIpc) is 1.94. The van der Waals surface area contributed by atoms with E-state index < -0.39 is 0 Å². The summed E-state index contributed by atoms with van der Waals surface area (Å²) in [5, 5.41) is 3.56. The predicted molar refractivity (Wildman–Crippen MR) is 61.4 cm³/mol. The molecule has 1 N–H and O–H groups in total. The molecule has 0 amide bonds. The predicted octanol–water partition coefficient (Wildman–Crippen LogP) is 2.77. The van der Waals surface area contributed by atoms with Crippen LogP contribution in [0.3, 0.4) is 0 Å². The molecule has 0 aromatic heterocycles. The Morgan fingerprint density at radius 1 is 1.29 bits per heavy atom. The second-order valence-electron chi connectivity index (χ2n) is 5.49. The van der Waals surface area contributed by atoms with Gasteiger partial charge in [-0.2, -0.15) is 0 Å². The van der Waals surface area contributed by atoms with E-state index in [1.807, 2.05) is 0 Å². The lowest BCUT2D eigenvalue weighted by Gasteiger charge is -2.31. The fourth-order valence-corrected chi connectivity index (χ4v) is 1.49. The first-order valence-electron chi connectivity index (χ1n) is 5.49. The molecule has 0 fully saturated rings. The van der Waals surface area contributed by atoms with Crippen molar-refractivity contribution in [2.24, 2.45) is 5.92 Å². The molecular formula is C12H25NO. The smallest absolute Gasteiger partial charge is 0.129 e. The number of carbonyl (C=O) groups is 1. The van der Waals surface area contributed by atoms with Crippen LogP contribution in [0.4, 0.5) is 0 Å². The summed E-state index contributed by atoms with van der Waals surface area (Å²) in [4.78, 5) is 10.9. The van der Waals surface area contributed by atoms with Crippen molar-refractivity contribution < 1.29 is 4.79 Å². The molecule has 0 saturated carbocycles. The lowest BCUT2D eigenvalue weighted by Crippen LogP contribution is -2.46. The summed E-state index contributed by atoms with van der Waals surface area (Å²) in [7, 11) is 0. The van der Waals surface area contributed by atoms with E-state index in [-0.39, 0.29) is 11.3 Å². The van der Waals surface area contributed by atoms with Gasteiger partial charge in [0.2, 0.25) is 0 Å². The van der Waals surface area contributed by atoms with E-state index in [4.69, 9.17) is 0 Å². The Hall–Kier alpha value is -0.370. The fraction of sp³-hybridized carbons (Fsp3) is 0.917. The van der Waals surface area contributed by atoms with E-state index in [1.54, 1.807) is 6.92 Å². The van der Waals surface area contributed by atoms with Gasteiger partial charge in [0.15, 0.2) is 0 Å². The summed E-state index contributed by atoms with van der Waals surface area (Å²) in [6, 6.07) is 0.443. The zero-order valence-electron chi connectivity index (χ0n) is 10.5. The average molecular weight is 199 g/mol. The first-order valence-corrected chi connectivity index (χ1v) is 5.49. The third kappa shape index (κ3) is 7.07. The van der Waals surface area contributed by atoms with E-state index >= 15 is 0 Å². The molecule has 1 atom stereocenters. The van der Waals surface area contributed by atoms with Crippen molar-refractivity contribution in [3.63, 3.8) is 0 Å². The van der Waals surface area contributed by atoms with Crippen LogP contribution in [0.15, 0.2) is 0 Å². The van der Waals surface area contributed by atoms with E-state index in [9.17, 15) is 4.79 Å². The van der Waals surface area contributed by atoms with Crippen LogP contribution < -0.4 is 5.32 Å². The number of hydrogen-bond donors (Lipinski definition) is 1. The van der Waals surface area contributed by atoms with Gasteiger partial charge in [-0.15, -0.1) is 0 Å². The summed E-state index contributed by atoms with van der Waals surface area (Å²) in [5.74, 6) is 0.861. The Kier molecular flexibility index (Phi) is 5.35. The molecule has 0 bridgehead atoms. The van der Waals surface area contributed by atoms with Crippen LogP contribution in [0.1, 0.15) is 54.4 Å². The molecule has 84 valence electrons. The summed E-state index contributed by atoms with van der Waals surface area (Å²) in [6.45, 7) is 12.5. The summed E-state index contributed by atoms with van der Waals surface area (Å²) in [6.07, 6.45) is 1.64. The van der Waals surface area contributed by atoms with E-state index in [2.05, 4.69) is 39.9 Å². The quantitative estimate of drug-likeness (QED) is 0.737. The molecular weight excluding hydrogens is 174 g/mol. The molecule has 0 spiro atoms. The van der Waals surface area contributed by atoms with Gasteiger partial charge in [0, 0.05) is 18.0 Å². The van der Waals surface area contributed by atoms with Crippen LogP contribution in [0.5, 0.6) is 0 Å². The molecule has 0 rings (SSSR count). The summed E-state index contributed by atoms with van der Waals surface area (Å²) in [5.41, 5.74) is 0.131. The minimum atomic E-state index is 0.131. The number of rotatable bonds is 5. The van der Waals surface area contributed by atoms with E-state index in [0.29, 0.717) is 18.4 Å². The maximum absolute atomic E-state index is 10.9. The largest absolute Gasteiger partial charge is 0.309 e. The maximum Gasteiger partial charge on any atom is 0.129 e. The highest BCUT2D eigenvalue weighted by Gasteiger charge is 2.19. The SMILES string of the molecule is CC(=O)CCC(NC(C)(C)C)C(C)C. The third-order valence-electron chi connectivity index (χ3n) is 2.23. The van der Waals surface area contributed by atoms with E-state index in [1.165, 1.54) is 0 Å². The highest BCUT2D eigenvalue weighted by molar-refractivity contribution is 5.75. The van der Waals surface area contributed by atoms with Crippen LogP contribution in [-0.2, 0) is 4.79 Å². The zero-order chi connectivity index (χ0) is 11.4. The molecule has 14 heavy (non-hydrogen) atoms. The van der Waals surface area contributed by atoms with Gasteiger partial charge in [0.1, 0.15) is 5.78 Å². The molecule has 0 radical (unpaired) electrons. The Bertz CT molecular complexity index is 179. The van der Waals surface area contributed by atoms with Crippen molar-refractivity contribution in [2.45, 2.75) is 66.0 Å². The Morgan fingerprint density at radius 2 is 1.79 bits per heavy atom. The van der Waals surface area contributed by atoms with E-state index in [0.717, 1.165) is 6.42 Å². The highest BCUT2D eigenvalue weighted by atomic mass is 16.1. The molecule has 1 unspecified atom stereocenters. The minimum Gasteiger partial charge on any atom is -0.309 e. The monoisotopic (exact) mass is 199 g/mol. The maximum atomic E-state index is 10.9. The molecule has 2 heteroatoms. The first-order chi connectivity index (χ1) is 6.22. The van der Waals surface area contributed by atoms with Gasteiger partial charge >= 0.3 is 0 Å². The normalized spacial score (nSPS) is 14.5. The van der Waals surface area contributed by atoms with Crippen molar-refractivity contribution in [3.8, 4) is 0 Å². The molecule has 0 aliphatic carbocycles. The minimum absolute atomic E-state index is 0.131. The Balaban J connectivity index is 4.10. The second kappa shape index (κ2) is 5.50. The fourth-order valence-electron chi connectivity index (χ4n) is 1.49. The topological polar surface area (TPSA) is 29.1 Å². The van der Waals surface area contributed by atoms with Crippen LogP contribution in [0.2, 0.25) is 0 Å². The molecule has 0 aliphatic heterocycles. The molecule has 0 aromatic rings. The lowest BCUT2D eigenvalue weighted by atomic mass is 9.95. The van der Waals surface area contributed by atoms with Gasteiger partial charge in [0.25, 0.3) is 0 Å². The number of Topliss-reactive ketones (excluding diaryl/α,β-unsaturated/α-hetero) is 1. The standard InChI is InChI=1S/C12H25NO/c1-9(2)11(8-7-10(3)14)13-12(4,5)6/h9,11,13H,7-8H2,1-6H3. The van der Waals surface area contributed by atoms with Gasteiger partial charge in [-0.25, -0.2) is 0 Å². The Labute approximate surface area is 88.5 Å². The number of hydrogen-bond acceptors (Lipinski definition) is 2. The van der Waals surface area contributed by atoms with Crippen LogP contribution in [-0.4, -0.2) is 17.4 Å². The van der Waals surface area contributed by atoms with Gasteiger partial charge < -0.3 is 10.1 Å². The van der Waals surface area contributed by atoms with Gasteiger partial charge in [-0.1, -0.05) is 13.8 Å². The van der Waals surface area contributed by atoms with Crippen LogP contribution in [0, 0.1) is 5.92 Å². The summed E-state index contributed by atoms with van der Waals surface area (Å²) >= 11 is 0. The van der Waals surface area contributed by atoms with Gasteiger partial charge in [-0.05, 0) is 40.0 Å². The molecule has 0 aromatic carbocycles. The van der Waals surface area contributed by atoms with Crippen molar-refractivity contribution in [2.75, 3.05) is 0 Å². The van der Waals surface area contributed by atoms with Crippen molar-refractivity contribution >= 4 is 5.78 Å². The molecule has 0 heterocycles. The van der Waals surface area contributed by atoms with Crippen LogP contribution in [0.25, 0.3) is 0 Å².